The molecule has 0 aliphatic rings. The second-order valence-electron chi connectivity index (χ2n) is 6.70. The summed E-state index contributed by atoms with van der Waals surface area (Å²) < 4.78 is 16.0. The molecular weight excluding hydrogens is 272 g/mol. The Morgan fingerprint density at radius 2 is 1.62 bits per heavy atom. The number of carbonyl (C=O) groups excluding carboxylic acids is 2. The Morgan fingerprint density at radius 3 is 2.05 bits per heavy atom. The van der Waals surface area contributed by atoms with Crippen molar-refractivity contribution in [2.45, 2.75) is 73.0 Å². The van der Waals surface area contributed by atoms with Gasteiger partial charge in [0.15, 0.2) is 0 Å². The molecule has 0 spiro atoms. The van der Waals surface area contributed by atoms with E-state index in [1.807, 2.05) is 41.5 Å². The first-order valence-electron chi connectivity index (χ1n) is 7.52. The fraction of sp³-hybridized carbons (Fsp3) is 0.875. The van der Waals surface area contributed by atoms with Crippen molar-refractivity contribution in [1.29, 1.82) is 0 Å². The van der Waals surface area contributed by atoms with Crippen molar-refractivity contribution in [3.8, 4) is 0 Å². The van der Waals surface area contributed by atoms with Gasteiger partial charge in [0.2, 0.25) is 0 Å². The van der Waals surface area contributed by atoms with Crippen molar-refractivity contribution < 1.29 is 23.8 Å². The highest BCUT2D eigenvalue weighted by atomic mass is 16.6. The van der Waals surface area contributed by atoms with E-state index in [4.69, 9.17) is 14.2 Å². The largest absolute Gasteiger partial charge is 0.466 e. The summed E-state index contributed by atoms with van der Waals surface area (Å²) in [6.07, 6.45) is 0.0506. The smallest absolute Gasteiger partial charge is 0.311 e. The maximum Gasteiger partial charge on any atom is 0.311 e. The Bertz CT molecular complexity index is 341. The Kier molecular flexibility index (Phi) is 7.93. The predicted molar refractivity (Wildman–Crippen MR) is 80.9 cm³/mol. The average Bonchev–Trinajstić information content (AvgIpc) is 2.35. The second-order valence-corrected chi connectivity index (χ2v) is 6.70. The van der Waals surface area contributed by atoms with E-state index in [1.165, 1.54) is 0 Å². The molecule has 0 aliphatic carbocycles. The van der Waals surface area contributed by atoms with Gasteiger partial charge in [0.1, 0.15) is 6.10 Å². The molecule has 0 N–H and O–H groups in total. The highest BCUT2D eigenvalue weighted by Gasteiger charge is 2.31. The quantitative estimate of drug-likeness (QED) is 0.645. The van der Waals surface area contributed by atoms with Crippen molar-refractivity contribution in [1.82, 2.24) is 0 Å². The monoisotopic (exact) mass is 302 g/mol. The van der Waals surface area contributed by atoms with Gasteiger partial charge in [-0.1, -0.05) is 6.92 Å². The molecule has 0 heterocycles. The molecule has 0 aromatic carbocycles. The number of hydrogen-bond acceptors (Lipinski definition) is 5. The van der Waals surface area contributed by atoms with E-state index in [2.05, 4.69) is 0 Å². The van der Waals surface area contributed by atoms with Gasteiger partial charge in [-0.25, -0.2) is 0 Å². The van der Waals surface area contributed by atoms with Crippen LogP contribution in [0.4, 0.5) is 0 Å². The molecule has 0 fully saturated rings. The van der Waals surface area contributed by atoms with Gasteiger partial charge in [-0.2, -0.15) is 0 Å². The van der Waals surface area contributed by atoms with Crippen LogP contribution in [-0.2, 0) is 23.8 Å². The molecule has 0 amide bonds. The Balaban J connectivity index is 4.72. The van der Waals surface area contributed by atoms with Crippen LogP contribution in [0.2, 0.25) is 0 Å². The summed E-state index contributed by atoms with van der Waals surface area (Å²) in [5.74, 6) is -0.709. The molecule has 1 atom stereocenters. The molecule has 0 saturated heterocycles. The molecule has 0 radical (unpaired) electrons. The first-order valence-corrected chi connectivity index (χ1v) is 7.52. The Hall–Kier alpha value is -1.10. The minimum atomic E-state index is -0.624. The SMILES string of the molecule is CCOC(=O)CC(COC(C)(C)C)OC(=O)C(C)(C)CC. The summed E-state index contributed by atoms with van der Waals surface area (Å²) in [5.41, 5.74) is -0.936. The fourth-order valence-corrected chi connectivity index (χ4v) is 1.34. The van der Waals surface area contributed by atoms with Gasteiger partial charge >= 0.3 is 11.9 Å². The number of ether oxygens (including phenoxy) is 3. The van der Waals surface area contributed by atoms with Crippen LogP contribution in [0.25, 0.3) is 0 Å². The lowest BCUT2D eigenvalue weighted by molar-refractivity contribution is -0.169. The third-order valence-corrected chi connectivity index (χ3v) is 3.11. The lowest BCUT2D eigenvalue weighted by atomic mass is 9.90. The standard InChI is InChI=1S/C16H30O5/c1-8-16(6,7)14(18)21-12(10-13(17)19-9-2)11-20-15(3,4)5/h12H,8-11H2,1-7H3. The number of rotatable bonds is 8. The molecule has 1 unspecified atom stereocenters. The maximum atomic E-state index is 12.1. The second kappa shape index (κ2) is 8.37. The van der Waals surface area contributed by atoms with Gasteiger partial charge in [-0.05, 0) is 48.0 Å². The van der Waals surface area contributed by atoms with Crippen molar-refractivity contribution in [2.75, 3.05) is 13.2 Å². The summed E-state index contributed by atoms with van der Waals surface area (Å²) in [4.78, 5) is 23.7. The number of carbonyl (C=O) groups is 2. The number of esters is 2. The minimum Gasteiger partial charge on any atom is -0.466 e. The minimum absolute atomic E-state index is 0.00938. The zero-order valence-electron chi connectivity index (χ0n) is 14.4. The van der Waals surface area contributed by atoms with E-state index in [9.17, 15) is 9.59 Å². The fourth-order valence-electron chi connectivity index (χ4n) is 1.34. The molecule has 0 rings (SSSR count). The third-order valence-electron chi connectivity index (χ3n) is 3.11. The van der Waals surface area contributed by atoms with Gasteiger partial charge in [-0.3, -0.25) is 9.59 Å². The first-order chi connectivity index (χ1) is 9.51. The van der Waals surface area contributed by atoms with Crippen LogP contribution in [0.15, 0.2) is 0 Å². The average molecular weight is 302 g/mol. The van der Waals surface area contributed by atoms with E-state index in [0.717, 1.165) is 0 Å². The highest BCUT2D eigenvalue weighted by Crippen LogP contribution is 2.23. The van der Waals surface area contributed by atoms with Gasteiger partial charge in [0.05, 0.1) is 30.7 Å². The zero-order chi connectivity index (χ0) is 16.7. The van der Waals surface area contributed by atoms with E-state index in [1.54, 1.807) is 6.92 Å². The van der Waals surface area contributed by atoms with Gasteiger partial charge in [0, 0.05) is 0 Å². The van der Waals surface area contributed by atoms with Crippen LogP contribution >= 0.6 is 0 Å². The van der Waals surface area contributed by atoms with E-state index in [0.29, 0.717) is 13.0 Å². The van der Waals surface area contributed by atoms with Gasteiger partial charge in [-0.15, -0.1) is 0 Å². The summed E-state index contributed by atoms with van der Waals surface area (Å²) >= 11 is 0. The lowest BCUT2D eigenvalue weighted by Gasteiger charge is -2.27. The molecule has 0 aromatic heterocycles. The van der Waals surface area contributed by atoms with E-state index >= 15 is 0 Å². The van der Waals surface area contributed by atoms with Crippen LogP contribution in [0.1, 0.15) is 61.3 Å². The van der Waals surface area contributed by atoms with Crippen molar-refractivity contribution in [3.63, 3.8) is 0 Å². The van der Waals surface area contributed by atoms with Crippen LogP contribution < -0.4 is 0 Å². The van der Waals surface area contributed by atoms with Crippen molar-refractivity contribution >= 4 is 11.9 Å². The molecule has 124 valence electrons. The summed E-state index contributed by atoms with van der Waals surface area (Å²) in [5, 5.41) is 0. The number of hydrogen-bond donors (Lipinski definition) is 0. The molecule has 21 heavy (non-hydrogen) atoms. The molecule has 5 heteroatoms. The predicted octanol–water partition coefficient (Wildman–Crippen LogP) is 3.10. The van der Waals surface area contributed by atoms with Gasteiger partial charge in [0.25, 0.3) is 0 Å². The molecule has 0 aliphatic heterocycles. The van der Waals surface area contributed by atoms with E-state index in [-0.39, 0.29) is 30.6 Å². The maximum absolute atomic E-state index is 12.1. The van der Waals surface area contributed by atoms with Crippen LogP contribution in [0.5, 0.6) is 0 Å². The molecular formula is C16H30O5. The summed E-state index contributed by atoms with van der Waals surface area (Å²) in [6.45, 7) is 13.5. The van der Waals surface area contributed by atoms with Crippen molar-refractivity contribution in [2.24, 2.45) is 5.41 Å². The van der Waals surface area contributed by atoms with Crippen molar-refractivity contribution in [3.05, 3.63) is 0 Å². The highest BCUT2D eigenvalue weighted by molar-refractivity contribution is 5.77. The normalized spacial score (nSPS) is 13.7. The third kappa shape index (κ3) is 8.71. The lowest BCUT2D eigenvalue weighted by Crippen LogP contribution is -2.36. The topological polar surface area (TPSA) is 61.8 Å². The molecule has 5 nitrogen and oxygen atoms in total. The molecule has 0 aromatic rings. The Labute approximate surface area is 128 Å². The zero-order valence-corrected chi connectivity index (χ0v) is 14.4. The molecule has 0 saturated carbocycles. The molecule has 0 bridgehead atoms. The summed E-state index contributed by atoms with van der Waals surface area (Å²) in [7, 11) is 0. The van der Waals surface area contributed by atoms with Crippen LogP contribution in [0.3, 0.4) is 0 Å². The Morgan fingerprint density at radius 1 is 1.05 bits per heavy atom. The summed E-state index contributed by atoms with van der Waals surface area (Å²) in [6, 6.07) is 0. The van der Waals surface area contributed by atoms with Crippen LogP contribution in [-0.4, -0.2) is 36.9 Å². The van der Waals surface area contributed by atoms with Gasteiger partial charge < -0.3 is 14.2 Å². The van der Waals surface area contributed by atoms with E-state index < -0.39 is 11.5 Å². The first kappa shape index (κ1) is 19.9. The van der Waals surface area contributed by atoms with Crippen LogP contribution in [0, 0.1) is 5.41 Å².